The molecule has 1 unspecified atom stereocenters. The molecule has 66 heavy (non-hydrogen) atoms. The summed E-state index contributed by atoms with van der Waals surface area (Å²) in [5.41, 5.74) is 13.7. The van der Waals surface area contributed by atoms with Crippen molar-refractivity contribution in [3.63, 3.8) is 0 Å². The summed E-state index contributed by atoms with van der Waals surface area (Å²) >= 11 is 0. The Morgan fingerprint density at radius 2 is 1.38 bits per heavy atom. The third-order valence-electron chi connectivity index (χ3n) is 10.9. The van der Waals surface area contributed by atoms with Crippen LogP contribution in [0.3, 0.4) is 0 Å². The van der Waals surface area contributed by atoms with Gasteiger partial charge in [-0.15, -0.1) is 0 Å². The molecule has 0 radical (unpaired) electrons. The third-order valence-corrected chi connectivity index (χ3v) is 13.3. The van der Waals surface area contributed by atoms with E-state index in [4.69, 9.17) is 16.9 Å². The number of hydrogen-bond acceptors (Lipinski definition) is 12. The lowest BCUT2D eigenvalue weighted by Gasteiger charge is -2.28. The van der Waals surface area contributed by atoms with E-state index in [9.17, 15) is 38.4 Å². The number of amides is 9. The van der Waals surface area contributed by atoms with Gasteiger partial charge in [-0.3, -0.25) is 43.9 Å². The maximum Gasteiger partial charge on any atom is 0.325 e. The van der Waals surface area contributed by atoms with Gasteiger partial charge in [0.1, 0.15) is 42.3 Å². The van der Waals surface area contributed by atoms with Crippen molar-refractivity contribution in [2.24, 2.45) is 11.5 Å². The number of fused-ring (bicyclic) bond motifs is 3. The molecule has 22 nitrogen and oxygen atoms in total. The zero-order valence-corrected chi connectivity index (χ0v) is 37.4. The third kappa shape index (κ3) is 12.8. The van der Waals surface area contributed by atoms with Crippen LogP contribution in [0.2, 0.25) is 0 Å². The van der Waals surface area contributed by atoms with E-state index in [0.717, 1.165) is 37.4 Å². The molecule has 9 amide bonds. The largest absolute Gasteiger partial charge is 0.370 e. The topological polar surface area (TPSA) is 344 Å². The lowest BCUT2D eigenvalue weighted by atomic mass is 10.0. The quantitative estimate of drug-likeness (QED) is 0.0277. The van der Waals surface area contributed by atoms with Crippen LogP contribution >= 0.6 is 21.6 Å². The van der Waals surface area contributed by atoms with Crippen molar-refractivity contribution >= 4 is 85.8 Å². The zero-order valence-electron chi connectivity index (χ0n) is 35.8. The van der Waals surface area contributed by atoms with E-state index in [0.29, 0.717) is 16.8 Å². The van der Waals surface area contributed by atoms with E-state index in [1.165, 1.54) is 19.4 Å². The van der Waals surface area contributed by atoms with Crippen LogP contribution in [-0.4, -0.2) is 134 Å². The van der Waals surface area contributed by atoms with Crippen molar-refractivity contribution < 1.29 is 38.4 Å². The van der Waals surface area contributed by atoms with Crippen LogP contribution in [0.1, 0.15) is 36.6 Å². The average Bonchev–Trinajstić information content (AvgIpc) is 4.03. The molecule has 2 fully saturated rings. The Kier molecular flexibility index (Phi) is 16.6. The second kappa shape index (κ2) is 22.7. The Bertz CT molecular complexity index is 2420. The number of imide groups is 1. The predicted octanol–water partition coefficient (Wildman–Crippen LogP) is -1.20. The number of aromatic nitrogens is 3. The molecule has 2 saturated heterocycles. The van der Waals surface area contributed by atoms with Crippen molar-refractivity contribution in [1.82, 2.24) is 57.1 Å². The Morgan fingerprint density at radius 1 is 0.758 bits per heavy atom. The molecule has 2 aromatic heterocycles. The summed E-state index contributed by atoms with van der Waals surface area (Å²) in [6.07, 6.45) is 4.44. The molecule has 0 saturated carbocycles. The Labute approximate surface area is 386 Å². The number of H-pyrrole nitrogens is 2. The number of nitrogens with two attached hydrogens (primary N) is 2. The number of hydrogen-bond donors (Lipinski definition) is 12. The van der Waals surface area contributed by atoms with Crippen LogP contribution in [0, 0.1) is 5.41 Å². The first-order chi connectivity index (χ1) is 31.7. The van der Waals surface area contributed by atoms with Crippen LogP contribution < -0.4 is 48.7 Å². The number of urea groups is 1. The number of carbonyl (C=O) groups is 8. The van der Waals surface area contributed by atoms with Gasteiger partial charge in [0.05, 0.1) is 6.33 Å². The molecule has 7 atom stereocenters. The summed E-state index contributed by atoms with van der Waals surface area (Å²) in [4.78, 5) is 122. The minimum absolute atomic E-state index is 0.0107. The highest BCUT2D eigenvalue weighted by molar-refractivity contribution is 8.76. The first kappa shape index (κ1) is 48.4. The number of guanidine groups is 1. The number of nitrogens with one attached hydrogen (secondary N) is 10. The molecule has 0 aliphatic carbocycles. The highest BCUT2D eigenvalue weighted by Gasteiger charge is 2.44. The Morgan fingerprint density at radius 3 is 2.08 bits per heavy atom. The lowest BCUT2D eigenvalue weighted by Crippen LogP contribution is -2.60. The molecule has 4 aromatic rings. The van der Waals surface area contributed by atoms with Gasteiger partial charge in [0, 0.05) is 66.3 Å². The SMILES string of the molecule is C[C@@H]1C(=O)N[C@@H](Cc2cnc[nH]2)C(=O)N[C@H](Cc2ccccc2)C(=O)N[C@@H](CCCNC(=N)N)C(=O)NC(Cc2c[nH]c3ccccc23)C(=O)N[C@H](C(N)=O)CSSC[C@@H]2NC(=O)N1C2=O. The van der Waals surface area contributed by atoms with Gasteiger partial charge < -0.3 is 58.7 Å². The van der Waals surface area contributed by atoms with Crippen molar-refractivity contribution in [3.8, 4) is 0 Å². The summed E-state index contributed by atoms with van der Waals surface area (Å²) < 4.78 is 0. The summed E-state index contributed by atoms with van der Waals surface area (Å²) in [6, 6.07) is 6.18. The van der Waals surface area contributed by atoms with Crippen molar-refractivity contribution in [1.29, 1.82) is 5.41 Å². The fourth-order valence-corrected chi connectivity index (χ4v) is 9.70. The minimum atomic E-state index is -1.38. The molecular formula is C42H52N14O8S2. The fourth-order valence-electron chi connectivity index (χ4n) is 7.37. The van der Waals surface area contributed by atoms with Gasteiger partial charge >= 0.3 is 6.03 Å². The van der Waals surface area contributed by atoms with E-state index in [1.807, 2.05) is 24.3 Å². The molecule has 2 bridgehead atoms. The highest BCUT2D eigenvalue weighted by atomic mass is 33.1. The molecule has 350 valence electrons. The summed E-state index contributed by atoms with van der Waals surface area (Å²) in [5.74, 6) is -5.94. The van der Waals surface area contributed by atoms with Crippen molar-refractivity contribution in [3.05, 3.63) is 90.1 Å². The minimum Gasteiger partial charge on any atom is -0.370 e. The Balaban J connectivity index is 1.36. The molecule has 0 spiro atoms. The molecule has 24 heteroatoms. The van der Waals surface area contributed by atoms with E-state index in [-0.39, 0.29) is 56.1 Å². The number of primary amides is 1. The van der Waals surface area contributed by atoms with Crippen LogP contribution in [0.4, 0.5) is 4.79 Å². The number of aromatic amines is 2. The predicted molar refractivity (Wildman–Crippen MR) is 246 cm³/mol. The van der Waals surface area contributed by atoms with E-state index < -0.39 is 89.7 Å². The van der Waals surface area contributed by atoms with Gasteiger partial charge in [0.15, 0.2) is 5.96 Å². The molecule has 2 aliphatic rings. The maximum atomic E-state index is 14.5. The normalized spacial score (nSPS) is 24.0. The first-order valence-electron chi connectivity index (χ1n) is 21.0. The zero-order chi connectivity index (χ0) is 47.3. The molecule has 2 aliphatic heterocycles. The van der Waals surface area contributed by atoms with Gasteiger partial charge in [-0.2, -0.15) is 0 Å². The van der Waals surface area contributed by atoms with Crippen LogP contribution in [0.25, 0.3) is 10.9 Å². The molecule has 2 aromatic carbocycles. The average molecular weight is 945 g/mol. The standard InChI is InChI=1S/C42H52N14O8S2/c1-22-35(58)51-31(16-25-18-46-21-49-25)39(62)52-29(14-23-8-3-2-4-9-23)37(60)50-28(12-7-13-47-41(44)45)36(59)53-30(15-24-17-48-27-11-6-5-10-26(24)27)38(61)54-32(34(43)57)19-65-66-20-33-40(63)56(22)42(64)55-33/h2-6,8-11,17-18,21-22,28-33,48H,7,12-16,19-20H2,1H3,(H2,43,57)(H,46,49)(H,50,60)(H,51,58)(H,52,62)(H,53,59)(H,54,61)(H,55,64)(H4,44,45,47)/t22-,28+,29-,30?,31+,32+,33+/m1/s1. The fraction of sp³-hybridized carbons (Fsp3) is 0.381. The van der Waals surface area contributed by atoms with Crippen molar-refractivity contribution in [2.75, 3.05) is 18.1 Å². The van der Waals surface area contributed by atoms with E-state index in [2.05, 4.69) is 52.2 Å². The van der Waals surface area contributed by atoms with Crippen LogP contribution in [-0.2, 0) is 52.8 Å². The second-order valence-electron chi connectivity index (χ2n) is 15.7. The number of para-hydroxylation sites is 1. The van der Waals surface area contributed by atoms with Gasteiger partial charge in [-0.25, -0.2) is 9.78 Å². The van der Waals surface area contributed by atoms with Crippen LogP contribution in [0.5, 0.6) is 0 Å². The number of benzene rings is 2. The van der Waals surface area contributed by atoms with E-state index >= 15 is 0 Å². The number of imidazole rings is 1. The first-order valence-corrected chi connectivity index (χ1v) is 23.5. The van der Waals surface area contributed by atoms with Gasteiger partial charge in [0.2, 0.25) is 35.4 Å². The molecular weight excluding hydrogens is 893 g/mol. The molecule has 4 heterocycles. The monoisotopic (exact) mass is 944 g/mol. The van der Waals surface area contributed by atoms with E-state index in [1.54, 1.807) is 36.5 Å². The number of rotatable bonds is 11. The van der Waals surface area contributed by atoms with Gasteiger partial charge in [-0.1, -0.05) is 70.1 Å². The Hall–Kier alpha value is -7.08. The van der Waals surface area contributed by atoms with Gasteiger partial charge in [-0.05, 0) is 37.0 Å². The number of carbonyl (C=O) groups excluding carboxylic acids is 8. The maximum absolute atomic E-state index is 14.5. The molecule has 6 rings (SSSR count). The summed E-state index contributed by atoms with van der Waals surface area (Å²) in [7, 11) is 2.21. The number of nitrogens with zero attached hydrogens (tertiary/aromatic N) is 2. The van der Waals surface area contributed by atoms with Crippen LogP contribution in [0.15, 0.2) is 73.3 Å². The lowest BCUT2D eigenvalue weighted by molar-refractivity contribution is -0.137. The molecule has 14 N–H and O–H groups in total. The smallest absolute Gasteiger partial charge is 0.325 e. The summed E-state index contributed by atoms with van der Waals surface area (Å²) in [6.45, 7) is 1.48. The summed E-state index contributed by atoms with van der Waals surface area (Å²) in [5, 5.41) is 27.1. The van der Waals surface area contributed by atoms with Crippen molar-refractivity contribution in [2.45, 2.75) is 81.3 Å². The second-order valence-corrected chi connectivity index (χ2v) is 18.2. The highest BCUT2D eigenvalue weighted by Crippen LogP contribution is 2.26. The van der Waals surface area contributed by atoms with Gasteiger partial charge in [0.25, 0.3) is 5.91 Å².